The van der Waals surface area contributed by atoms with Crippen molar-refractivity contribution in [2.75, 3.05) is 0 Å². The highest BCUT2D eigenvalue weighted by atomic mass is 16.5. The summed E-state index contributed by atoms with van der Waals surface area (Å²) in [5.74, 6) is 0.0301. The van der Waals surface area contributed by atoms with E-state index in [1.807, 2.05) is 34.6 Å². The molecule has 0 saturated carbocycles. The highest BCUT2D eigenvalue weighted by molar-refractivity contribution is 5.80. The Hall–Kier alpha value is -0.860. The maximum absolute atomic E-state index is 10.5. The van der Waals surface area contributed by atoms with Crippen LogP contribution in [0.5, 0.6) is 0 Å². The Balaban J connectivity index is 0. The van der Waals surface area contributed by atoms with E-state index in [0.29, 0.717) is 0 Å². The van der Waals surface area contributed by atoms with Crippen molar-refractivity contribution in [3.63, 3.8) is 0 Å². The molecule has 0 heterocycles. The second kappa shape index (κ2) is 6.57. The number of esters is 1. The van der Waals surface area contributed by atoms with E-state index in [1.54, 1.807) is 6.92 Å². The van der Waals surface area contributed by atoms with Crippen LogP contribution in [0.4, 0.5) is 0 Å². The van der Waals surface area contributed by atoms with Gasteiger partial charge in [0, 0.05) is 12.3 Å². The number of hydrogen-bond donors (Lipinski definition) is 0. The first-order valence-electron chi connectivity index (χ1n) is 4.75. The van der Waals surface area contributed by atoms with Crippen molar-refractivity contribution >= 4 is 11.8 Å². The number of Topliss-reactive ketones (excluding diaryl/α,β-unsaturated/α-hetero) is 1. The van der Waals surface area contributed by atoms with E-state index >= 15 is 0 Å². The van der Waals surface area contributed by atoms with Gasteiger partial charge in [-0.2, -0.15) is 0 Å². The summed E-state index contributed by atoms with van der Waals surface area (Å²) in [5.41, 5.74) is -0.139. The van der Waals surface area contributed by atoms with Crippen LogP contribution in [0.25, 0.3) is 0 Å². The summed E-state index contributed by atoms with van der Waals surface area (Å²) in [6.45, 7) is 12.4. The first-order chi connectivity index (χ1) is 6.07. The molecule has 0 amide bonds. The van der Waals surface area contributed by atoms with E-state index in [0.717, 1.165) is 0 Å². The van der Waals surface area contributed by atoms with Crippen LogP contribution in [0.3, 0.4) is 0 Å². The largest absolute Gasteiger partial charge is 0.463 e. The Labute approximate surface area is 86.8 Å². The molecule has 0 spiro atoms. The maximum atomic E-state index is 10.5. The fourth-order valence-electron chi connectivity index (χ4n) is 0.332. The molecule has 0 N–H and O–H groups in total. The van der Waals surface area contributed by atoms with Gasteiger partial charge in [-0.15, -0.1) is 0 Å². The predicted molar refractivity (Wildman–Crippen MR) is 57.0 cm³/mol. The molecule has 3 heteroatoms. The molecular formula is C11H22O3. The van der Waals surface area contributed by atoms with Crippen LogP contribution in [0.2, 0.25) is 0 Å². The fraction of sp³-hybridized carbons (Fsp3) is 0.818. The lowest BCUT2D eigenvalue weighted by atomic mass is 9.92. The number of carbonyl (C=O) groups is 2. The minimum Gasteiger partial charge on any atom is -0.463 e. The van der Waals surface area contributed by atoms with Gasteiger partial charge in [0.1, 0.15) is 5.78 Å². The Morgan fingerprint density at radius 1 is 1.07 bits per heavy atom. The van der Waals surface area contributed by atoms with Gasteiger partial charge in [-0.1, -0.05) is 20.8 Å². The van der Waals surface area contributed by atoms with Gasteiger partial charge in [-0.05, 0) is 20.8 Å². The molecule has 0 radical (unpaired) electrons. The molecule has 0 atom stereocenters. The number of ketones is 1. The zero-order chi connectivity index (χ0) is 11.9. The Kier molecular flexibility index (Phi) is 7.33. The van der Waals surface area contributed by atoms with Gasteiger partial charge in [0.25, 0.3) is 0 Å². The highest BCUT2D eigenvalue weighted by Gasteiger charge is 2.14. The van der Waals surface area contributed by atoms with Crippen LogP contribution in [0.15, 0.2) is 0 Å². The van der Waals surface area contributed by atoms with Crippen LogP contribution in [-0.4, -0.2) is 17.9 Å². The number of rotatable bonds is 1. The molecule has 0 saturated heterocycles. The zero-order valence-corrected chi connectivity index (χ0v) is 10.3. The third-order valence-electron chi connectivity index (χ3n) is 1.46. The molecule has 0 aromatic carbocycles. The smallest absolute Gasteiger partial charge is 0.302 e. The van der Waals surface area contributed by atoms with E-state index in [1.165, 1.54) is 6.92 Å². The van der Waals surface area contributed by atoms with Crippen LogP contribution in [0.1, 0.15) is 48.5 Å². The summed E-state index contributed by atoms with van der Waals surface area (Å²) in [6.07, 6.45) is 0.0255. The Morgan fingerprint density at radius 3 is 1.36 bits per heavy atom. The van der Waals surface area contributed by atoms with Crippen LogP contribution in [-0.2, 0) is 14.3 Å². The molecular weight excluding hydrogens is 180 g/mol. The minimum absolute atomic E-state index is 0.0255. The van der Waals surface area contributed by atoms with Gasteiger partial charge < -0.3 is 4.74 Å². The lowest BCUT2D eigenvalue weighted by Gasteiger charge is -2.11. The Bertz CT molecular complexity index is 187. The summed E-state index contributed by atoms with van der Waals surface area (Å²) in [6, 6.07) is 0. The molecule has 0 aliphatic rings. The molecule has 0 aliphatic carbocycles. The van der Waals surface area contributed by atoms with Gasteiger partial charge >= 0.3 is 5.97 Å². The monoisotopic (exact) mass is 202 g/mol. The SMILES string of the molecule is CC(=O)C(C)(C)C.CC(=O)OC(C)C. The van der Waals surface area contributed by atoms with Crippen molar-refractivity contribution in [3.8, 4) is 0 Å². The van der Waals surface area contributed by atoms with Crippen molar-refractivity contribution in [1.82, 2.24) is 0 Å². The minimum atomic E-state index is -0.213. The summed E-state index contributed by atoms with van der Waals surface area (Å²) < 4.78 is 4.61. The third-order valence-corrected chi connectivity index (χ3v) is 1.46. The average molecular weight is 202 g/mol. The number of hydrogen-bond acceptors (Lipinski definition) is 3. The average Bonchev–Trinajstić information content (AvgIpc) is 1.81. The van der Waals surface area contributed by atoms with E-state index in [-0.39, 0.29) is 23.3 Å². The molecule has 84 valence electrons. The first-order valence-corrected chi connectivity index (χ1v) is 4.75. The molecule has 14 heavy (non-hydrogen) atoms. The molecule has 0 aliphatic heterocycles. The normalized spacial score (nSPS) is 10.3. The summed E-state index contributed by atoms with van der Waals surface area (Å²) in [4.78, 5) is 20.5. The molecule has 0 aromatic rings. The maximum Gasteiger partial charge on any atom is 0.302 e. The van der Waals surface area contributed by atoms with Crippen LogP contribution in [0, 0.1) is 5.41 Å². The van der Waals surface area contributed by atoms with Gasteiger partial charge in [0.15, 0.2) is 0 Å². The second-order valence-corrected chi connectivity index (χ2v) is 4.46. The first kappa shape index (κ1) is 15.6. The van der Waals surface area contributed by atoms with Crippen molar-refractivity contribution < 1.29 is 14.3 Å². The molecule has 3 nitrogen and oxygen atoms in total. The van der Waals surface area contributed by atoms with Crippen molar-refractivity contribution in [1.29, 1.82) is 0 Å². The number of carbonyl (C=O) groups excluding carboxylic acids is 2. The van der Waals surface area contributed by atoms with Crippen LogP contribution < -0.4 is 0 Å². The van der Waals surface area contributed by atoms with Gasteiger partial charge in [-0.3, -0.25) is 9.59 Å². The second-order valence-electron chi connectivity index (χ2n) is 4.46. The molecule has 0 bridgehead atoms. The molecule has 0 rings (SSSR count). The quantitative estimate of drug-likeness (QED) is 0.614. The van der Waals surface area contributed by atoms with E-state index < -0.39 is 0 Å². The highest BCUT2D eigenvalue weighted by Crippen LogP contribution is 2.12. The van der Waals surface area contributed by atoms with E-state index in [9.17, 15) is 9.59 Å². The number of ether oxygens (including phenoxy) is 1. The lowest BCUT2D eigenvalue weighted by molar-refractivity contribution is -0.144. The van der Waals surface area contributed by atoms with Crippen molar-refractivity contribution in [2.24, 2.45) is 5.41 Å². The summed E-state index contributed by atoms with van der Waals surface area (Å²) in [5, 5.41) is 0. The summed E-state index contributed by atoms with van der Waals surface area (Å²) in [7, 11) is 0. The molecule has 0 unspecified atom stereocenters. The predicted octanol–water partition coefficient (Wildman–Crippen LogP) is 2.58. The van der Waals surface area contributed by atoms with Crippen molar-refractivity contribution in [3.05, 3.63) is 0 Å². The zero-order valence-electron chi connectivity index (χ0n) is 10.3. The van der Waals surface area contributed by atoms with E-state index in [4.69, 9.17) is 0 Å². The molecule has 0 aromatic heterocycles. The fourth-order valence-corrected chi connectivity index (χ4v) is 0.332. The van der Waals surface area contributed by atoms with Gasteiger partial charge in [-0.25, -0.2) is 0 Å². The topological polar surface area (TPSA) is 43.4 Å². The van der Waals surface area contributed by atoms with Gasteiger partial charge in [0.05, 0.1) is 6.10 Å². The lowest BCUT2D eigenvalue weighted by Crippen LogP contribution is -2.15. The molecule has 0 fully saturated rings. The Morgan fingerprint density at radius 2 is 1.36 bits per heavy atom. The van der Waals surface area contributed by atoms with Crippen molar-refractivity contribution in [2.45, 2.75) is 54.6 Å². The van der Waals surface area contributed by atoms with Gasteiger partial charge in [0.2, 0.25) is 0 Å². The standard InChI is InChI=1S/C6H12O.C5H10O2/c1-5(7)6(2,3)4;1-4(2)7-5(3)6/h1-4H3;4H,1-3H3. The van der Waals surface area contributed by atoms with Crippen LogP contribution >= 0.6 is 0 Å². The van der Waals surface area contributed by atoms with E-state index in [2.05, 4.69) is 4.74 Å². The third kappa shape index (κ3) is 13.7. The summed E-state index contributed by atoms with van der Waals surface area (Å²) >= 11 is 0.